The van der Waals surface area contributed by atoms with E-state index in [1.165, 1.54) is 31.2 Å². The van der Waals surface area contributed by atoms with Crippen LogP contribution in [0.4, 0.5) is 0 Å². The highest BCUT2D eigenvalue weighted by Crippen LogP contribution is 2.33. The first-order valence-corrected chi connectivity index (χ1v) is 6.06. The van der Waals surface area contributed by atoms with Crippen LogP contribution in [0.5, 0.6) is 0 Å². The van der Waals surface area contributed by atoms with Crippen molar-refractivity contribution in [3.63, 3.8) is 0 Å². The Bertz CT molecular complexity index is 299. The van der Waals surface area contributed by atoms with E-state index in [4.69, 9.17) is 4.74 Å². The van der Waals surface area contributed by atoms with Crippen LogP contribution in [0.2, 0.25) is 0 Å². The van der Waals surface area contributed by atoms with Gasteiger partial charge in [-0.05, 0) is 49.3 Å². The maximum absolute atomic E-state index is 5.38. The quantitative estimate of drug-likeness (QED) is 0.751. The van der Waals surface area contributed by atoms with Crippen molar-refractivity contribution in [2.75, 3.05) is 7.11 Å². The lowest BCUT2D eigenvalue weighted by Gasteiger charge is -2.27. The van der Waals surface area contributed by atoms with Gasteiger partial charge in [-0.1, -0.05) is 12.1 Å². The van der Waals surface area contributed by atoms with Crippen LogP contribution in [0.3, 0.4) is 0 Å². The first-order chi connectivity index (χ1) is 7.29. The summed E-state index contributed by atoms with van der Waals surface area (Å²) in [5, 5.41) is 0. The van der Waals surface area contributed by atoms with Crippen molar-refractivity contribution in [2.45, 2.75) is 42.6 Å². The van der Waals surface area contributed by atoms with E-state index in [9.17, 15) is 0 Å². The molecule has 0 unspecified atom stereocenters. The Balaban J connectivity index is 1.98. The van der Waals surface area contributed by atoms with Crippen LogP contribution < -0.4 is 0 Å². The van der Waals surface area contributed by atoms with Gasteiger partial charge in [-0.25, -0.2) is 0 Å². The SMILES string of the molecule is COC1CCC(c2ccc(S)cc2)CC1. The molecule has 0 aliphatic heterocycles. The van der Waals surface area contributed by atoms with Gasteiger partial charge in [0.2, 0.25) is 0 Å². The van der Waals surface area contributed by atoms with E-state index in [0.29, 0.717) is 6.10 Å². The molecule has 1 saturated carbocycles. The normalized spacial score (nSPS) is 26.5. The second-order valence-corrected chi connectivity index (χ2v) is 4.82. The molecule has 0 saturated heterocycles. The first-order valence-electron chi connectivity index (χ1n) is 5.61. The zero-order valence-electron chi connectivity index (χ0n) is 9.15. The Labute approximate surface area is 97.2 Å². The topological polar surface area (TPSA) is 9.23 Å². The third-order valence-electron chi connectivity index (χ3n) is 3.37. The molecule has 1 nitrogen and oxygen atoms in total. The van der Waals surface area contributed by atoms with Crippen molar-refractivity contribution in [3.05, 3.63) is 29.8 Å². The fourth-order valence-corrected chi connectivity index (χ4v) is 2.53. The minimum absolute atomic E-state index is 0.491. The zero-order chi connectivity index (χ0) is 10.7. The van der Waals surface area contributed by atoms with Crippen LogP contribution in [0.1, 0.15) is 37.2 Å². The van der Waals surface area contributed by atoms with E-state index in [-0.39, 0.29) is 0 Å². The zero-order valence-corrected chi connectivity index (χ0v) is 10.0. The third kappa shape index (κ3) is 2.76. The Morgan fingerprint density at radius 2 is 1.67 bits per heavy atom. The molecule has 0 bridgehead atoms. The Morgan fingerprint density at radius 1 is 1.07 bits per heavy atom. The molecular weight excluding hydrogens is 204 g/mol. The molecular formula is C13H18OS. The number of hydrogen-bond acceptors (Lipinski definition) is 2. The van der Waals surface area contributed by atoms with Crippen molar-refractivity contribution >= 4 is 12.6 Å². The maximum atomic E-state index is 5.38. The predicted molar refractivity (Wildman–Crippen MR) is 65.7 cm³/mol. The number of ether oxygens (including phenoxy) is 1. The molecule has 2 heteroatoms. The fourth-order valence-electron chi connectivity index (χ4n) is 2.38. The van der Waals surface area contributed by atoms with Gasteiger partial charge in [0.05, 0.1) is 6.10 Å². The summed E-state index contributed by atoms with van der Waals surface area (Å²) in [4.78, 5) is 1.05. The van der Waals surface area contributed by atoms with Crippen molar-refractivity contribution in [3.8, 4) is 0 Å². The lowest BCUT2D eigenvalue weighted by molar-refractivity contribution is 0.0658. The summed E-state index contributed by atoms with van der Waals surface area (Å²) in [6, 6.07) is 8.59. The molecule has 0 aromatic heterocycles. The summed E-state index contributed by atoms with van der Waals surface area (Å²) in [6.07, 6.45) is 5.40. The number of rotatable bonds is 2. The summed E-state index contributed by atoms with van der Waals surface area (Å²) in [6.45, 7) is 0. The van der Waals surface area contributed by atoms with E-state index < -0.39 is 0 Å². The Morgan fingerprint density at radius 3 is 2.20 bits per heavy atom. The van der Waals surface area contributed by atoms with Crippen molar-refractivity contribution in [2.24, 2.45) is 0 Å². The fraction of sp³-hybridized carbons (Fsp3) is 0.538. The maximum Gasteiger partial charge on any atom is 0.0571 e. The highest BCUT2D eigenvalue weighted by molar-refractivity contribution is 7.80. The van der Waals surface area contributed by atoms with Crippen molar-refractivity contribution < 1.29 is 4.74 Å². The standard InChI is InChI=1S/C13H18OS/c1-14-12-6-2-10(3-7-12)11-4-8-13(15)9-5-11/h4-5,8-10,12,15H,2-3,6-7H2,1H3. The van der Waals surface area contributed by atoms with Crippen LogP contribution in [0.15, 0.2) is 29.2 Å². The van der Waals surface area contributed by atoms with Gasteiger partial charge in [0.1, 0.15) is 0 Å². The number of benzene rings is 1. The molecule has 2 rings (SSSR count). The van der Waals surface area contributed by atoms with Crippen LogP contribution >= 0.6 is 12.6 Å². The van der Waals surface area contributed by atoms with Crippen LogP contribution in [0.25, 0.3) is 0 Å². The van der Waals surface area contributed by atoms with E-state index in [0.717, 1.165) is 10.8 Å². The van der Waals surface area contributed by atoms with Gasteiger partial charge in [-0.15, -0.1) is 12.6 Å². The van der Waals surface area contributed by atoms with Gasteiger partial charge in [0.25, 0.3) is 0 Å². The molecule has 1 aromatic rings. The summed E-state index contributed by atoms with van der Waals surface area (Å²) < 4.78 is 5.38. The molecule has 15 heavy (non-hydrogen) atoms. The van der Waals surface area contributed by atoms with Gasteiger partial charge in [0.15, 0.2) is 0 Å². The smallest absolute Gasteiger partial charge is 0.0571 e. The molecule has 0 heterocycles. The van der Waals surface area contributed by atoms with Crippen molar-refractivity contribution in [1.82, 2.24) is 0 Å². The first kappa shape index (κ1) is 11.0. The number of hydrogen-bond donors (Lipinski definition) is 1. The molecule has 0 atom stereocenters. The molecule has 0 spiro atoms. The molecule has 1 aliphatic carbocycles. The third-order valence-corrected chi connectivity index (χ3v) is 3.67. The molecule has 0 radical (unpaired) electrons. The van der Waals surface area contributed by atoms with Gasteiger partial charge < -0.3 is 4.74 Å². The molecule has 0 amide bonds. The number of methoxy groups -OCH3 is 1. The predicted octanol–water partition coefficient (Wildman–Crippen LogP) is 3.65. The van der Waals surface area contributed by atoms with Crippen LogP contribution in [-0.4, -0.2) is 13.2 Å². The summed E-state index contributed by atoms with van der Waals surface area (Å²) in [5.41, 5.74) is 1.46. The Kier molecular flexibility index (Phi) is 3.71. The molecule has 1 aliphatic rings. The Hall–Kier alpha value is -0.470. The highest BCUT2D eigenvalue weighted by Gasteiger charge is 2.21. The van der Waals surface area contributed by atoms with Gasteiger partial charge in [-0.2, -0.15) is 0 Å². The largest absolute Gasteiger partial charge is 0.381 e. The molecule has 1 fully saturated rings. The van der Waals surface area contributed by atoms with E-state index in [1.807, 2.05) is 7.11 Å². The number of thiol groups is 1. The monoisotopic (exact) mass is 222 g/mol. The minimum Gasteiger partial charge on any atom is -0.381 e. The molecule has 1 aromatic carbocycles. The minimum atomic E-state index is 0.491. The van der Waals surface area contributed by atoms with Crippen molar-refractivity contribution in [1.29, 1.82) is 0 Å². The van der Waals surface area contributed by atoms with E-state index >= 15 is 0 Å². The van der Waals surface area contributed by atoms with Gasteiger partial charge in [0, 0.05) is 12.0 Å². The van der Waals surface area contributed by atoms with E-state index in [2.05, 4.69) is 36.9 Å². The summed E-state index contributed by atoms with van der Waals surface area (Å²) >= 11 is 4.30. The summed E-state index contributed by atoms with van der Waals surface area (Å²) in [7, 11) is 1.82. The lowest BCUT2D eigenvalue weighted by Crippen LogP contribution is -2.19. The van der Waals surface area contributed by atoms with Gasteiger partial charge >= 0.3 is 0 Å². The summed E-state index contributed by atoms with van der Waals surface area (Å²) in [5.74, 6) is 0.727. The molecule has 0 N–H and O–H groups in total. The van der Waals surface area contributed by atoms with Crippen LogP contribution in [0, 0.1) is 0 Å². The average Bonchev–Trinajstić information content (AvgIpc) is 2.30. The lowest BCUT2D eigenvalue weighted by atomic mass is 9.83. The van der Waals surface area contributed by atoms with Crippen LogP contribution in [-0.2, 0) is 4.74 Å². The van der Waals surface area contributed by atoms with E-state index in [1.54, 1.807) is 0 Å². The second kappa shape index (κ2) is 5.04. The second-order valence-electron chi connectivity index (χ2n) is 4.30. The molecule has 82 valence electrons. The average molecular weight is 222 g/mol. The highest BCUT2D eigenvalue weighted by atomic mass is 32.1. The van der Waals surface area contributed by atoms with Gasteiger partial charge in [-0.3, -0.25) is 0 Å².